The molecular formula is C21H17F6N3O2. The van der Waals surface area contributed by atoms with E-state index in [1.54, 1.807) is 0 Å². The summed E-state index contributed by atoms with van der Waals surface area (Å²) in [7, 11) is 0. The Hall–Kier alpha value is -3.24. The van der Waals surface area contributed by atoms with Crippen molar-refractivity contribution in [3.63, 3.8) is 0 Å². The van der Waals surface area contributed by atoms with E-state index in [9.17, 15) is 31.1 Å². The van der Waals surface area contributed by atoms with Crippen LogP contribution in [0.2, 0.25) is 0 Å². The second kappa shape index (κ2) is 8.03. The zero-order valence-electron chi connectivity index (χ0n) is 16.4. The molecule has 0 bridgehead atoms. The van der Waals surface area contributed by atoms with Gasteiger partial charge < -0.3 is 10.1 Å². The van der Waals surface area contributed by atoms with E-state index in [0.717, 1.165) is 18.3 Å². The van der Waals surface area contributed by atoms with Crippen LogP contribution in [0.5, 0.6) is 5.75 Å². The molecule has 1 aromatic carbocycles. The number of nitrogens with one attached hydrogen (secondary N) is 1. The summed E-state index contributed by atoms with van der Waals surface area (Å²) in [6.07, 6.45) is -4.50. The van der Waals surface area contributed by atoms with Gasteiger partial charge in [0.1, 0.15) is 17.2 Å². The van der Waals surface area contributed by atoms with Gasteiger partial charge in [-0.25, -0.2) is 18.2 Å². The fraction of sp³-hybridized carbons (Fsp3) is 0.333. The zero-order chi connectivity index (χ0) is 23.1. The van der Waals surface area contributed by atoms with E-state index in [1.165, 1.54) is 28.7 Å². The summed E-state index contributed by atoms with van der Waals surface area (Å²) < 4.78 is 83.2. The molecule has 0 unspecified atom stereocenters. The highest BCUT2D eigenvalue weighted by molar-refractivity contribution is 5.96. The van der Waals surface area contributed by atoms with Gasteiger partial charge in [-0.3, -0.25) is 9.20 Å². The van der Waals surface area contributed by atoms with E-state index in [4.69, 9.17) is 0 Å². The van der Waals surface area contributed by atoms with Gasteiger partial charge in [0.05, 0.1) is 5.69 Å². The van der Waals surface area contributed by atoms with Gasteiger partial charge in [-0.1, -0.05) is 0 Å². The molecule has 1 N–H and O–H groups in total. The summed E-state index contributed by atoms with van der Waals surface area (Å²) in [5.74, 6) is -4.92. The van der Waals surface area contributed by atoms with Crippen molar-refractivity contribution in [3.8, 4) is 17.0 Å². The Morgan fingerprint density at radius 2 is 1.75 bits per heavy atom. The van der Waals surface area contributed by atoms with Gasteiger partial charge in [0.15, 0.2) is 5.82 Å². The number of benzene rings is 1. The first-order chi connectivity index (χ1) is 15.0. The van der Waals surface area contributed by atoms with E-state index < -0.39 is 48.5 Å². The van der Waals surface area contributed by atoms with Crippen LogP contribution in [0.1, 0.15) is 25.7 Å². The van der Waals surface area contributed by atoms with Crippen molar-refractivity contribution in [1.29, 1.82) is 0 Å². The molecule has 2 heterocycles. The fourth-order valence-electron chi connectivity index (χ4n) is 3.72. The standard InChI is InChI=1S/C21H17F6N3O2/c22-14-3-6-16-28-18(29-19(31)13-7-9-20(23,24)10-8-13)17(30(16)11-14)12-1-4-15(5-2-12)32-21(25,26)27/h1-6,11,13H,7-10H2,(H,29,31). The lowest BCUT2D eigenvalue weighted by atomic mass is 9.86. The highest BCUT2D eigenvalue weighted by atomic mass is 19.4. The molecule has 0 atom stereocenters. The van der Waals surface area contributed by atoms with Gasteiger partial charge in [0.25, 0.3) is 0 Å². The van der Waals surface area contributed by atoms with Gasteiger partial charge in [0, 0.05) is 30.5 Å². The molecule has 3 aromatic rings. The number of alkyl halides is 5. The predicted molar refractivity (Wildman–Crippen MR) is 103 cm³/mol. The fourth-order valence-corrected chi connectivity index (χ4v) is 3.72. The smallest absolute Gasteiger partial charge is 0.406 e. The van der Waals surface area contributed by atoms with Crippen LogP contribution in [-0.4, -0.2) is 27.6 Å². The maximum atomic E-state index is 13.9. The van der Waals surface area contributed by atoms with Crippen LogP contribution in [-0.2, 0) is 4.79 Å². The zero-order valence-corrected chi connectivity index (χ0v) is 16.4. The topological polar surface area (TPSA) is 55.6 Å². The lowest BCUT2D eigenvalue weighted by Gasteiger charge is -2.27. The van der Waals surface area contributed by atoms with Gasteiger partial charge in [-0.05, 0) is 49.2 Å². The third kappa shape index (κ3) is 4.81. The third-order valence-corrected chi connectivity index (χ3v) is 5.27. The number of carbonyl (C=O) groups is 1. The molecule has 1 amide bonds. The van der Waals surface area contributed by atoms with Crippen molar-refractivity contribution < 1.29 is 35.9 Å². The maximum absolute atomic E-state index is 13.9. The number of hydrogen-bond acceptors (Lipinski definition) is 3. The van der Waals surface area contributed by atoms with E-state index in [2.05, 4.69) is 15.0 Å². The summed E-state index contributed by atoms with van der Waals surface area (Å²) in [5.41, 5.74) is 0.846. The van der Waals surface area contributed by atoms with E-state index in [-0.39, 0.29) is 30.0 Å². The molecule has 5 nitrogen and oxygen atoms in total. The number of imidazole rings is 1. The minimum Gasteiger partial charge on any atom is -0.406 e. The first-order valence-corrected chi connectivity index (χ1v) is 9.73. The van der Waals surface area contributed by atoms with Gasteiger partial charge in [0.2, 0.25) is 11.8 Å². The van der Waals surface area contributed by atoms with Crippen LogP contribution in [0.3, 0.4) is 0 Å². The van der Waals surface area contributed by atoms with Gasteiger partial charge in [-0.15, -0.1) is 13.2 Å². The molecule has 32 heavy (non-hydrogen) atoms. The number of carbonyl (C=O) groups excluding carboxylic acids is 1. The number of hydrogen-bond donors (Lipinski definition) is 1. The Kier molecular flexibility index (Phi) is 5.51. The monoisotopic (exact) mass is 457 g/mol. The first-order valence-electron chi connectivity index (χ1n) is 9.73. The van der Waals surface area contributed by atoms with Crippen molar-refractivity contribution in [2.75, 3.05) is 5.32 Å². The molecular weight excluding hydrogens is 440 g/mol. The number of anilines is 1. The number of fused-ring (bicyclic) bond motifs is 1. The third-order valence-electron chi connectivity index (χ3n) is 5.27. The molecule has 1 fully saturated rings. The Labute approximate surface area is 178 Å². The van der Waals surface area contributed by atoms with Gasteiger partial charge >= 0.3 is 6.36 Å². The number of amides is 1. The van der Waals surface area contributed by atoms with Crippen molar-refractivity contribution in [1.82, 2.24) is 9.38 Å². The van der Waals surface area contributed by atoms with Gasteiger partial charge in [-0.2, -0.15) is 0 Å². The minimum absolute atomic E-state index is 0.0135. The van der Waals surface area contributed by atoms with Crippen LogP contribution in [0.4, 0.5) is 32.2 Å². The van der Waals surface area contributed by atoms with Crippen molar-refractivity contribution in [2.45, 2.75) is 38.0 Å². The summed E-state index contributed by atoms with van der Waals surface area (Å²) in [6, 6.07) is 7.32. The number of rotatable bonds is 4. The summed E-state index contributed by atoms with van der Waals surface area (Å²) in [4.78, 5) is 17.0. The number of aromatic nitrogens is 2. The van der Waals surface area contributed by atoms with E-state index in [1.807, 2.05) is 0 Å². The average molecular weight is 457 g/mol. The van der Waals surface area contributed by atoms with Crippen LogP contribution in [0.15, 0.2) is 42.6 Å². The Balaban J connectivity index is 1.66. The predicted octanol–water partition coefficient (Wildman–Crippen LogP) is 5.80. The van der Waals surface area contributed by atoms with Crippen LogP contribution in [0, 0.1) is 11.7 Å². The summed E-state index contributed by atoms with van der Waals surface area (Å²) in [5, 5.41) is 2.62. The number of ether oxygens (including phenoxy) is 1. The molecule has 170 valence electrons. The van der Waals surface area contributed by atoms with E-state index >= 15 is 0 Å². The SMILES string of the molecule is O=C(Nc1nc2ccc(F)cn2c1-c1ccc(OC(F)(F)F)cc1)C1CCC(F)(F)CC1. The molecule has 0 aliphatic heterocycles. The van der Waals surface area contributed by atoms with Crippen LogP contribution < -0.4 is 10.1 Å². The highest BCUT2D eigenvalue weighted by Gasteiger charge is 2.37. The summed E-state index contributed by atoms with van der Waals surface area (Å²) >= 11 is 0. The van der Waals surface area contributed by atoms with Crippen molar-refractivity contribution in [3.05, 3.63) is 48.4 Å². The van der Waals surface area contributed by atoms with Crippen LogP contribution >= 0.6 is 0 Å². The molecule has 1 saturated carbocycles. The number of pyridine rings is 1. The molecule has 4 rings (SSSR count). The molecule has 11 heteroatoms. The Morgan fingerprint density at radius 1 is 1.09 bits per heavy atom. The highest BCUT2D eigenvalue weighted by Crippen LogP contribution is 2.37. The quantitative estimate of drug-likeness (QED) is 0.504. The molecule has 1 aliphatic rings. The molecule has 1 aliphatic carbocycles. The molecule has 0 saturated heterocycles. The normalized spacial score (nSPS) is 16.8. The first kappa shape index (κ1) is 22.0. The second-order valence-corrected chi connectivity index (χ2v) is 7.58. The molecule has 2 aromatic heterocycles. The number of halogens is 6. The lowest BCUT2D eigenvalue weighted by Crippen LogP contribution is -2.32. The number of nitrogens with zero attached hydrogens (tertiary/aromatic N) is 2. The van der Waals surface area contributed by atoms with Crippen molar-refractivity contribution >= 4 is 17.4 Å². The molecule has 0 spiro atoms. The second-order valence-electron chi connectivity index (χ2n) is 7.58. The van der Waals surface area contributed by atoms with E-state index in [0.29, 0.717) is 5.56 Å². The Morgan fingerprint density at radius 3 is 2.38 bits per heavy atom. The maximum Gasteiger partial charge on any atom is 0.573 e. The summed E-state index contributed by atoms with van der Waals surface area (Å²) in [6.45, 7) is 0. The largest absolute Gasteiger partial charge is 0.573 e. The van der Waals surface area contributed by atoms with Crippen LogP contribution in [0.25, 0.3) is 16.9 Å². The Bertz CT molecular complexity index is 1130. The average Bonchev–Trinajstić information content (AvgIpc) is 3.04. The molecule has 0 radical (unpaired) electrons. The lowest BCUT2D eigenvalue weighted by molar-refractivity contribution is -0.274. The minimum atomic E-state index is -4.86. The van der Waals surface area contributed by atoms with Crippen molar-refractivity contribution in [2.24, 2.45) is 5.92 Å².